The number of amides is 1. The lowest BCUT2D eigenvalue weighted by atomic mass is 10.2. The highest BCUT2D eigenvalue weighted by Gasteiger charge is 2.11. The first-order chi connectivity index (χ1) is 11.0. The van der Waals surface area contributed by atoms with Crippen LogP contribution in [0.4, 0.5) is 0 Å². The monoisotopic (exact) mass is 313 g/mol. The number of carbonyl (C=O) groups is 1. The minimum atomic E-state index is -0.0421. The Bertz CT molecular complexity index is 654. The first-order valence-corrected chi connectivity index (χ1v) is 7.63. The molecule has 0 radical (unpaired) electrons. The van der Waals surface area contributed by atoms with Crippen LogP contribution in [0.25, 0.3) is 0 Å². The van der Waals surface area contributed by atoms with Gasteiger partial charge in [0.25, 0.3) is 5.91 Å². The van der Waals surface area contributed by atoms with Crippen LogP contribution in [0.15, 0.2) is 42.6 Å². The molecule has 0 bridgehead atoms. The summed E-state index contributed by atoms with van der Waals surface area (Å²) in [5.41, 5.74) is 1.65. The highest BCUT2D eigenvalue weighted by Crippen LogP contribution is 2.24. The molecule has 122 valence electrons. The van der Waals surface area contributed by atoms with E-state index >= 15 is 0 Å². The molecule has 0 aliphatic rings. The van der Waals surface area contributed by atoms with E-state index < -0.39 is 0 Å². The predicted molar refractivity (Wildman–Crippen MR) is 90.8 cm³/mol. The number of aromatic nitrogens is 1. The number of nitrogens with zero attached hydrogens (tertiary/aromatic N) is 3. The van der Waals surface area contributed by atoms with Crippen LogP contribution in [0.5, 0.6) is 11.6 Å². The summed E-state index contributed by atoms with van der Waals surface area (Å²) in [7, 11) is 5.80. The van der Waals surface area contributed by atoms with Crippen LogP contribution >= 0.6 is 0 Å². The SMILES string of the molecule is CCN(C)C(=O)c1ccc(Oc2ccccc2CN(C)C)nc1. The summed E-state index contributed by atoms with van der Waals surface area (Å²) in [5, 5.41) is 0. The van der Waals surface area contributed by atoms with Crippen LogP contribution in [0.1, 0.15) is 22.8 Å². The van der Waals surface area contributed by atoms with E-state index in [4.69, 9.17) is 4.74 Å². The van der Waals surface area contributed by atoms with Crippen molar-refractivity contribution in [1.82, 2.24) is 14.8 Å². The molecule has 0 aliphatic carbocycles. The Labute approximate surface area is 137 Å². The van der Waals surface area contributed by atoms with E-state index in [0.717, 1.165) is 17.9 Å². The summed E-state index contributed by atoms with van der Waals surface area (Å²) in [4.78, 5) is 20.0. The fraction of sp³-hybridized carbons (Fsp3) is 0.333. The lowest BCUT2D eigenvalue weighted by molar-refractivity contribution is 0.0802. The second-order valence-corrected chi connectivity index (χ2v) is 5.65. The van der Waals surface area contributed by atoms with E-state index in [-0.39, 0.29) is 5.91 Å². The molecule has 0 spiro atoms. The van der Waals surface area contributed by atoms with Gasteiger partial charge in [-0.3, -0.25) is 4.79 Å². The summed E-state index contributed by atoms with van der Waals surface area (Å²) in [5.74, 6) is 1.21. The van der Waals surface area contributed by atoms with Gasteiger partial charge in [0.15, 0.2) is 0 Å². The van der Waals surface area contributed by atoms with Crippen molar-refractivity contribution in [2.75, 3.05) is 27.7 Å². The van der Waals surface area contributed by atoms with Crippen LogP contribution in [0, 0.1) is 0 Å². The Hall–Kier alpha value is -2.40. The van der Waals surface area contributed by atoms with E-state index in [1.54, 1.807) is 30.3 Å². The van der Waals surface area contributed by atoms with Crippen LogP contribution in [0.3, 0.4) is 0 Å². The molecule has 5 nitrogen and oxygen atoms in total. The number of hydrogen-bond donors (Lipinski definition) is 0. The van der Waals surface area contributed by atoms with E-state index in [0.29, 0.717) is 18.0 Å². The minimum Gasteiger partial charge on any atom is -0.439 e. The predicted octanol–water partition coefficient (Wildman–Crippen LogP) is 3.03. The van der Waals surface area contributed by atoms with Crippen molar-refractivity contribution in [2.45, 2.75) is 13.5 Å². The molecule has 1 heterocycles. The molecule has 0 fully saturated rings. The molecule has 0 unspecified atom stereocenters. The minimum absolute atomic E-state index is 0.0421. The molecule has 5 heteroatoms. The third kappa shape index (κ3) is 4.53. The van der Waals surface area contributed by atoms with E-state index in [1.165, 1.54) is 0 Å². The van der Waals surface area contributed by atoms with Crippen LogP contribution in [-0.4, -0.2) is 48.4 Å². The van der Waals surface area contributed by atoms with Crippen molar-refractivity contribution < 1.29 is 9.53 Å². The summed E-state index contributed by atoms with van der Waals surface area (Å²) >= 11 is 0. The second-order valence-electron chi connectivity index (χ2n) is 5.65. The van der Waals surface area contributed by atoms with Gasteiger partial charge in [0.05, 0.1) is 5.56 Å². The van der Waals surface area contributed by atoms with Gasteiger partial charge in [-0.1, -0.05) is 18.2 Å². The molecule has 0 aliphatic heterocycles. The van der Waals surface area contributed by atoms with Gasteiger partial charge >= 0.3 is 0 Å². The highest BCUT2D eigenvalue weighted by molar-refractivity contribution is 5.93. The van der Waals surface area contributed by atoms with Crippen LogP contribution in [-0.2, 0) is 6.54 Å². The van der Waals surface area contributed by atoms with Crippen LogP contribution in [0.2, 0.25) is 0 Å². The number of benzene rings is 1. The summed E-state index contributed by atoms with van der Waals surface area (Å²) < 4.78 is 5.87. The number of rotatable bonds is 6. The molecule has 0 N–H and O–H groups in total. The Morgan fingerprint density at radius 2 is 1.87 bits per heavy atom. The normalized spacial score (nSPS) is 10.7. The maximum Gasteiger partial charge on any atom is 0.255 e. The Balaban J connectivity index is 2.14. The van der Waals surface area contributed by atoms with E-state index in [2.05, 4.69) is 9.88 Å². The quantitative estimate of drug-likeness (QED) is 0.822. The van der Waals surface area contributed by atoms with Crippen molar-refractivity contribution in [3.63, 3.8) is 0 Å². The van der Waals surface area contributed by atoms with E-state index in [9.17, 15) is 4.79 Å². The number of carbonyl (C=O) groups excluding carboxylic acids is 1. The topological polar surface area (TPSA) is 45.7 Å². The Morgan fingerprint density at radius 1 is 1.13 bits per heavy atom. The molecule has 0 saturated heterocycles. The van der Waals surface area contributed by atoms with Crippen molar-refractivity contribution >= 4 is 5.91 Å². The van der Waals surface area contributed by atoms with Gasteiger partial charge in [0, 0.05) is 38.0 Å². The maximum atomic E-state index is 12.1. The third-order valence-corrected chi connectivity index (χ3v) is 3.48. The first kappa shape index (κ1) is 17.0. The average Bonchev–Trinajstić information content (AvgIpc) is 2.55. The molecule has 23 heavy (non-hydrogen) atoms. The number of para-hydroxylation sites is 1. The molecular formula is C18H23N3O2. The van der Waals surface area contributed by atoms with E-state index in [1.807, 2.05) is 45.3 Å². The van der Waals surface area contributed by atoms with Gasteiger partial charge in [0.1, 0.15) is 5.75 Å². The van der Waals surface area contributed by atoms with Gasteiger partial charge < -0.3 is 14.5 Å². The smallest absolute Gasteiger partial charge is 0.255 e. The number of hydrogen-bond acceptors (Lipinski definition) is 4. The molecular weight excluding hydrogens is 290 g/mol. The summed E-state index contributed by atoms with van der Waals surface area (Å²) in [6.45, 7) is 3.38. The molecule has 0 atom stereocenters. The molecule has 1 aromatic heterocycles. The molecule has 2 aromatic rings. The third-order valence-electron chi connectivity index (χ3n) is 3.48. The first-order valence-electron chi connectivity index (χ1n) is 7.63. The Morgan fingerprint density at radius 3 is 2.48 bits per heavy atom. The van der Waals surface area contributed by atoms with Crippen LogP contribution < -0.4 is 4.74 Å². The number of pyridine rings is 1. The maximum absolute atomic E-state index is 12.1. The zero-order valence-electron chi connectivity index (χ0n) is 14.1. The van der Waals surface area contributed by atoms with Gasteiger partial charge in [-0.25, -0.2) is 4.98 Å². The molecule has 2 rings (SSSR count). The molecule has 1 aromatic carbocycles. The average molecular weight is 313 g/mol. The van der Waals surface area contributed by atoms with Gasteiger partial charge in [-0.2, -0.15) is 0 Å². The standard InChI is InChI=1S/C18H23N3O2/c1-5-21(4)18(22)14-10-11-17(19-12-14)23-16-9-7-6-8-15(16)13-20(2)3/h6-12H,5,13H2,1-4H3. The van der Waals surface area contributed by atoms with Gasteiger partial charge in [-0.05, 0) is 33.2 Å². The van der Waals surface area contributed by atoms with Crippen molar-refractivity contribution in [2.24, 2.45) is 0 Å². The zero-order chi connectivity index (χ0) is 16.8. The number of ether oxygens (including phenoxy) is 1. The highest BCUT2D eigenvalue weighted by atomic mass is 16.5. The largest absolute Gasteiger partial charge is 0.439 e. The summed E-state index contributed by atoms with van der Waals surface area (Å²) in [6.07, 6.45) is 1.55. The zero-order valence-corrected chi connectivity index (χ0v) is 14.1. The van der Waals surface area contributed by atoms with Crippen molar-refractivity contribution in [3.8, 4) is 11.6 Å². The van der Waals surface area contributed by atoms with Gasteiger partial charge in [0.2, 0.25) is 5.88 Å². The Kier molecular flexibility index (Phi) is 5.71. The summed E-state index contributed by atoms with van der Waals surface area (Å²) in [6, 6.07) is 11.3. The fourth-order valence-corrected chi connectivity index (χ4v) is 2.12. The molecule has 0 saturated carbocycles. The van der Waals surface area contributed by atoms with Crippen molar-refractivity contribution in [1.29, 1.82) is 0 Å². The lowest BCUT2D eigenvalue weighted by Crippen LogP contribution is -2.26. The molecule has 1 amide bonds. The van der Waals surface area contributed by atoms with Gasteiger partial charge in [-0.15, -0.1) is 0 Å². The fourth-order valence-electron chi connectivity index (χ4n) is 2.12. The van der Waals surface area contributed by atoms with Crippen molar-refractivity contribution in [3.05, 3.63) is 53.7 Å². The second kappa shape index (κ2) is 7.74. The lowest BCUT2D eigenvalue weighted by Gasteiger charge is -2.15.